The molecule has 1 aliphatic rings. The monoisotopic (exact) mass is 278 g/mol. The molecule has 1 heterocycles. The number of hydrogen-bond donors (Lipinski definition) is 2. The second-order valence-corrected chi connectivity index (χ2v) is 4.60. The van der Waals surface area contributed by atoms with Crippen LogP contribution in [0, 0.1) is 5.92 Å². The van der Waals surface area contributed by atoms with Crippen molar-refractivity contribution in [3.05, 3.63) is 23.8 Å². The second kappa shape index (κ2) is 6.27. The van der Waals surface area contributed by atoms with Crippen LogP contribution in [0.5, 0.6) is 11.5 Å². The minimum absolute atomic E-state index is 0.0795. The molecule has 6 nitrogen and oxygen atoms in total. The summed E-state index contributed by atoms with van der Waals surface area (Å²) in [6.45, 7) is 0.740. The van der Waals surface area contributed by atoms with Gasteiger partial charge in [0.25, 0.3) is 0 Å². The zero-order chi connectivity index (χ0) is 14.5. The van der Waals surface area contributed by atoms with Gasteiger partial charge in [0.15, 0.2) is 0 Å². The Morgan fingerprint density at radius 1 is 1.40 bits per heavy atom. The Kier molecular flexibility index (Phi) is 4.45. The highest BCUT2D eigenvalue weighted by atomic mass is 16.5. The number of carbonyl (C=O) groups excluding carboxylic acids is 2. The van der Waals surface area contributed by atoms with E-state index in [1.807, 2.05) is 6.07 Å². The third kappa shape index (κ3) is 3.20. The highest BCUT2D eigenvalue weighted by molar-refractivity contribution is 5.89. The summed E-state index contributed by atoms with van der Waals surface area (Å²) in [5.41, 5.74) is 0.831. The summed E-state index contributed by atoms with van der Waals surface area (Å²) < 4.78 is 10.4. The van der Waals surface area contributed by atoms with E-state index in [1.165, 1.54) is 0 Å². The molecule has 1 aromatic carbocycles. The lowest BCUT2D eigenvalue weighted by Crippen LogP contribution is -2.31. The maximum absolute atomic E-state index is 11.9. The molecule has 1 atom stereocenters. The van der Waals surface area contributed by atoms with Crippen LogP contribution in [-0.2, 0) is 16.1 Å². The van der Waals surface area contributed by atoms with Gasteiger partial charge >= 0.3 is 0 Å². The first-order valence-electron chi connectivity index (χ1n) is 6.39. The molecular weight excluding hydrogens is 260 g/mol. The SMILES string of the molecule is COc1ccc(OC)c(CNC(=O)C2CNC(=O)C2)c1. The van der Waals surface area contributed by atoms with Gasteiger partial charge in [0.2, 0.25) is 11.8 Å². The first-order valence-corrected chi connectivity index (χ1v) is 6.39. The molecule has 1 saturated heterocycles. The number of hydrogen-bond acceptors (Lipinski definition) is 4. The van der Waals surface area contributed by atoms with Gasteiger partial charge in [-0.3, -0.25) is 9.59 Å². The standard InChI is InChI=1S/C14H18N2O4/c1-19-11-3-4-12(20-2)9(5-11)7-16-14(18)10-6-13(17)15-8-10/h3-5,10H,6-8H2,1-2H3,(H,15,17)(H,16,18). The van der Waals surface area contributed by atoms with E-state index in [9.17, 15) is 9.59 Å². The van der Waals surface area contributed by atoms with E-state index in [1.54, 1.807) is 26.4 Å². The molecule has 0 spiro atoms. The highest BCUT2D eigenvalue weighted by Gasteiger charge is 2.27. The van der Waals surface area contributed by atoms with Crippen molar-refractivity contribution in [1.29, 1.82) is 0 Å². The molecular formula is C14H18N2O4. The lowest BCUT2D eigenvalue weighted by molar-refractivity contribution is -0.126. The van der Waals surface area contributed by atoms with Gasteiger partial charge < -0.3 is 20.1 Å². The van der Waals surface area contributed by atoms with Gasteiger partial charge in [0.1, 0.15) is 11.5 Å². The maximum Gasteiger partial charge on any atom is 0.225 e. The van der Waals surface area contributed by atoms with Gasteiger partial charge in [-0.25, -0.2) is 0 Å². The molecule has 2 N–H and O–H groups in total. The molecule has 108 valence electrons. The number of nitrogens with one attached hydrogen (secondary N) is 2. The zero-order valence-electron chi connectivity index (χ0n) is 11.6. The molecule has 1 aliphatic heterocycles. The first-order chi connectivity index (χ1) is 9.63. The molecule has 0 aromatic heterocycles. The van der Waals surface area contributed by atoms with Gasteiger partial charge in [0, 0.05) is 25.1 Å². The maximum atomic E-state index is 11.9. The van der Waals surface area contributed by atoms with E-state index < -0.39 is 0 Å². The van der Waals surface area contributed by atoms with Crippen molar-refractivity contribution in [3.8, 4) is 11.5 Å². The second-order valence-electron chi connectivity index (χ2n) is 4.60. The van der Waals surface area contributed by atoms with E-state index >= 15 is 0 Å². The van der Waals surface area contributed by atoms with E-state index in [0.29, 0.717) is 24.6 Å². The van der Waals surface area contributed by atoms with Gasteiger partial charge in [-0.15, -0.1) is 0 Å². The summed E-state index contributed by atoms with van der Waals surface area (Å²) in [4.78, 5) is 23.0. The van der Waals surface area contributed by atoms with Crippen LogP contribution in [0.1, 0.15) is 12.0 Å². The molecule has 0 saturated carbocycles. The summed E-state index contributed by atoms with van der Waals surface area (Å²) in [7, 11) is 3.16. The van der Waals surface area contributed by atoms with Crippen molar-refractivity contribution in [2.75, 3.05) is 20.8 Å². The van der Waals surface area contributed by atoms with Crippen molar-refractivity contribution in [3.63, 3.8) is 0 Å². The Bertz CT molecular complexity index is 516. The number of benzene rings is 1. The fourth-order valence-corrected chi connectivity index (χ4v) is 2.14. The van der Waals surface area contributed by atoms with Crippen LogP contribution in [0.2, 0.25) is 0 Å². The molecule has 1 unspecified atom stereocenters. The topological polar surface area (TPSA) is 76.7 Å². The Balaban J connectivity index is 1.99. The molecule has 2 amide bonds. The number of rotatable bonds is 5. The van der Waals surface area contributed by atoms with Crippen LogP contribution in [0.15, 0.2) is 18.2 Å². The molecule has 0 radical (unpaired) electrons. The third-order valence-corrected chi connectivity index (χ3v) is 3.29. The van der Waals surface area contributed by atoms with E-state index in [2.05, 4.69) is 10.6 Å². The predicted molar refractivity (Wildman–Crippen MR) is 72.5 cm³/mol. The van der Waals surface area contributed by atoms with Crippen molar-refractivity contribution in [2.45, 2.75) is 13.0 Å². The van der Waals surface area contributed by atoms with Crippen LogP contribution >= 0.6 is 0 Å². The Morgan fingerprint density at radius 2 is 2.20 bits per heavy atom. The number of methoxy groups -OCH3 is 2. The molecule has 1 aromatic rings. The zero-order valence-corrected chi connectivity index (χ0v) is 11.6. The molecule has 1 fully saturated rings. The molecule has 2 rings (SSSR count). The van der Waals surface area contributed by atoms with Gasteiger partial charge in [-0.1, -0.05) is 0 Å². The van der Waals surface area contributed by atoms with Crippen LogP contribution in [-0.4, -0.2) is 32.6 Å². The van der Waals surface area contributed by atoms with Crippen LogP contribution in [0.3, 0.4) is 0 Å². The van der Waals surface area contributed by atoms with E-state index in [-0.39, 0.29) is 24.2 Å². The fourth-order valence-electron chi connectivity index (χ4n) is 2.14. The summed E-state index contributed by atoms with van der Waals surface area (Å²) in [6.07, 6.45) is 0.251. The van der Waals surface area contributed by atoms with Crippen LogP contribution in [0.25, 0.3) is 0 Å². The highest BCUT2D eigenvalue weighted by Crippen LogP contribution is 2.23. The number of amides is 2. The molecule has 0 aliphatic carbocycles. The average molecular weight is 278 g/mol. The molecule has 0 bridgehead atoms. The predicted octanol–water partition coefficient (Wildman–Crippen LogP) is 0.456. The summed E-state index contributed by atoms with van der Waals surface area (Å²) in [5.74, 6) is 0.885. The van der Waals surface area contributed by atoms with Gasteiger partial charge in [-0.05, 0) is 18.2 Å². The fraction of sp³-hybridized carbons (Fsp3) is 0.429. The quantitative estimate of drug-likeness (QED) is 0.820. The summed E-state index contributed by atoms with van der Waals surface area (Å²) >= 11 is 0. The molecule has 20 heavy (non-hydrogen) atoms. The minimum Gasteiger partial charge on any atom is -0.497 e. The van der Waals surface area contributed by atoms with Crippen LogP contribution in [0.4, 0.5) is 0 Å². The van der Waals surface area contributed by atoms with Gasteiger partial charge in [0.05, 0.1) is 20.1 Å². The largest absolute Gasteiger partial charge is 0.497 e. The smallest absolute Gasteiger partial charge is 0.225 e. The van der Waals surface area contributed by atoms with Gasteiger partial charge in [-0.2, -0.15) is 0 Å². The summed E-state index contributed by atoms with van der Waals surface area (Å²) in [5, 5.41) is 5.47. The number of ether oxygens (including phenoxy) is 2. The van der Waals surface area contributed by atoms with Crippen LogP contribution < -0.4 is 20.1 Å². The van der Waals surface area contributed by atoms with Crippen molar-refractivity contribution in [2.24, 2.45) is 5.92 Å². The third-order valence-electron chi connectivity index (χ3n) is 3.29. The lowest BCUT2D eigenvalue weighted by atomic mass is 10.1. The normalized spacial score (nSPS) is 17.5. The Labute approximate surface area is 117 Å². The average Bonchev–Trinajstić information content (AvgIpc) is 2.91. The number of carbonyl (C=O) groups is 2. The minimum atomic E-state index is -0.292. The first kappa shape index (κ1) is 14.2. The Morgan fingerprint density at radius 3 is 2.80 bits per heavy atom. The Hall–Kier alpha value is -2.24. The summed E-state index contributed by atoms with van der Waals surface area (Å²) in [6, 6.07) is 5.40. The lowest BCUT2D eigenvalue weighted by Gasteiger charge is -2.13. The van der Waals surface area contributed by atoms with Crippen molar-refractivity contribution in [1.82, 2.24) is 10.6 Å². The van der Waals surface area contributed by atoms with Crippen molar-refractivity contribution < 1.29 is 19.1 Å². The van der Waals surface area contributed by atoms with E-state index in [0.717, 1.165) is 5.56 Å². The molecule has 6 heteroatoms. The van der Waals surface area contributed by atoms with Crippen molar-refractivity contribution >= 4 is 11.8 Å². The van der Waals surface area contributed by atoms with E-state index in [4.69, 9.17) is 9.47 Å².